The number of hydrogen-bond donors (Lipinski definition) is 1. The third-order valence-electron chi connectivity index (χ3n) is 2.74. The lowest BCUT2D eigenvalue weighted by Gasteiger charge is -2.25. The Morgan fingerprint density at radius 3 is 2.56 bits per heavy atom. The van der Waals surface area contributed by atoms with Crippen LogP contribution in [0.4, 0.5) is 0 Å². The molecule has 0 aromatic carbocycles. The van der Waals surface area contributed by atoms with Crippen molar-refractivity contribution in [1.82, 2.24) is 9.03 Å². The minimum absolute atomic E-state index is 0.0826. The maximum absolute atomic E-state index is 11.9. The Morgan fingerprint density at radius 2 is 2.06 bits per heavy atom. The van der Waals surface area contributed by atoms with Gasteiger partial charge in [0, 0.05) is 20.2 Å². The van der Waals surface area contributed by atoms with E-state index >= 15 is 0 Å². The summed E-state index contributed by atoms with van der Waals surface area (Å²) < 4.78 is 38.0. The lowest BCUT2D eigenvalue weighted by Crippen LogP contribution is -2.50. The van der Waals surface area contributed by atoms with E-state index in [2.05, 4.69) is 4.72 Å². The molecule has 6 nitrogen and oxygen atoms in total. The molecule has 1 aliphatic rings. The Labute approximate surface area is 97.1 Å². The molecule has 0 saturated carbocycles. The van der Waals surface area contributed by atoms with Crippen molar-refractivity contribution in [2.45, 2.75) is 32.0 Å². The summed E-state index contributed by atoms with van der Waals surface area (Å²) in [6.07, 6.45) is -0.213. The fourth-order valence-corrected chi connectivity index (χ4v) is 2.75. The van der Waals surface area contributed by atoms with Crippen molar-refractivity contribution in [3.8, 4) is 0 Å². The summed E-state index contributed by atoms with van der Waals surface area (Å²) in [4.78, 5) is 0. The van der Waals surface area contributed by atoms with E-state index in [1.165, 1.54) is 4.31 Å². The summed E-state index contributed by atoms with van der Waals surface area (Å²) in [6, 6.07) is -0.392. The van der Waals surface area contributed by atoms with Crippen molar-refractivity contribution in [3.05, 3.63) is 0 Å². The van der Waals surface area contributed by atoms with Gasteiger partial charge in [0.05, 0.1) is 25.4 Å². The zero-order valence-electron chi connectivity index (χ0n) is 10.1. The van der Waals surface area contributed by atoms with Gasteiger partial charge >= 0.3 is 0 Å². The standard InChI is InChI=1S/C9H20N2O4S/c1-7(2)11(3)16(12,13)10-8-5-15-6-9(8)14-4/h7-10H,5-6H2,1-4H3/t8-,9-/m0/s1. The smallest absolute Gasteiger partial charge is 0.279 e. The second kappa shape index (κ2) is 5.42. The van der Waals surface area contributed by atoms with Crippen LogP contribution in [0.25, 0.3) is 0 Å². The van der Waals surface area contributed by atoms with Crippen LogP contribution >= 0.6 is 0 Å². The number of nitrogens with one attached hydrogen (secondary N) is 1. The lowest BCUT2D eigenvalue weighted by molar-refractivity contribution is 0.0758. The van der Waals surface area contributed by atoms with E-state index < -0.39 is 10.2 Å². The second-order valence-electron chi connectivity index (χ2n) is 4.15. The summed E-state index contributed by atoms with van der Waals surface area (Å²) >= 11 is 0. The average molecular weight is 252 g/mol. The molecule has 1 N–H and O–H groups in total. The Hall–Kier alpha value is -0.210. The van der Waals surface area contributed by atoms with Gasteiger partial charge in [-0.1, -0.05) is 0 Å². The number of rotatable bonds is 5. The van der Waals surface area contributed by atoms with Gasteiger partial charge in [0.1, 0.15) is 0 Å². The summed E-state index contributed by atoms with van der Waals surface area (Å²) in [6.45, 7) is 4.41. The number of ether oxygens (including phenoxy) is 2. The van der Waals surface area contributed by atoms with Crippen molar-refractivity contribution in [2.75, 3.05) is 27.4 Å². The molecule has 1 saturated heterocycles. The van der Waals surface area contributed by atoms with E-state index in [0.29, 0.717) is 13.2 Å². The SMILES string of the molecule is CO[C@H]1COC[C@@H]1NS(=O)(=O)N(C)C(C)C. The molecule has 96 valence electrons. The normalized spacial score (nSPS) is 26.9. The van der Waals surface area contributed by atoms with Gasteiger partial charge in [-0.2, -0.15) is 17.4 Å². The number of methoxy groups -OCH3 is 1. The molecule has 0 aromatic heterocycles. The fraction of sp³-hybridized carbons (Fsp3) is 1.00. The molecular weight excluding hydrogens is 232 g/mol. The van der Waals surface area contributed by atoms with Crippen molar-refractivity contribution >= 4 is 10.2 Å². The second-order valence-corrected chi connectivity index (χ2v) is 5.91. The first-order valence-corrected chi connectivity index (χ1v) is 6.68. The summed E-state index contributed by atoms with van der Waals surface area (Å²) in [5, 5.41) is 0. The van der Waals surface area contributed by atoms with Crippen LogP contribution in [-0.2, 0) is 19.7 Å². The van der Waals surface area contributed by atoms with Crippen LogP contribution in [0.2, 0.25) is 0 Å². The molecule has 1 heterocycles. The first kappa shape index (κ1) is 13.9. The lowest BCUT2D eigenvalue weighted by atomic mass is 10.2. The molecule has 1 rings (SSSR count). The summed E-state index contributed by atoms with van der Waals surface area (Å²) in [7, 11) is -0.368. The van der Waals surface area contributed by atoms with Gasteiger partial charge in [-0.15, -0.1) is 0 Å². The van der Waals surface area contributed by atoms with Crippen molar-refractivity contribution in [2.24, 2.45) is 0 Å². The van der Waals surface area contributed by atoms with Crippen LogP contribution in [0.5, 0.6) is 0 Å². The van der Waals surface area contributed by atoms with Crippen molar-refractivity contribution in [3.63, 3.8) is 0 Å². The Kier molecular flexibility index (Phi) is 4.69. The first-order chi connectivity index (χ1) is 7.38. The van der Waals surface area contributed by atoms with Gasteiger partial charge in [-0.3, -0.25) is 0 Å². The molecule has 1 fully saturated rings. The van der Waals surface area contributed by atoms with E-state index in [-0.39, 0.29) is 18.2 Å². The predicted molar refractivity (Wildman–Crippen MR) is 60.4 cm³/mol. The highest BCUT2D eigenvalue weighted by molar-refractivity contribution is 7.87. The minimum Gasteiger partial charge on any atom is -0.377 e. The molecule has 0 bridgehead atoms. The Bertz CT molecular complexity index is 317. The minimum atomic E-state index is -3.46. The molecule has 0 spiro atoms. The summed E-state index contributed by atoms with van der Waals surface area (Å²) in [5.41, 5.74) is 0. The summed E-state index contributed by atoms with van der Waals surface area (Å²) in [5.74, 6) is 0. The van der Waals surface area contributed by atoms with E-state index in [9.17, 15) is 8.42 Å². The third-order valence-corrected chi connectivity index (χ3v) is 4.52. The van der Waals surface area contributed by atoms with Crippen LogP contribution in [0.1, 0.15) is 13.8 Å². The molecule has 0 aliphatic carbocycles. The quantitative estimate of drug-likeness (QED) is 0.721. The van der Waals surface area contributed by atoms with Crippen LogP contribution in [0.15, 0.2) is 0 Å². The van der Waals surface area contributed by atoms with Gasteiger partial charge in [0.2, 0.25) is 0 Å². The van der Waals surface area contributed by atoms with Gasteiger partial charge in [0.25, 0.3) is 10.2 Å². The van der Waals surface area contributed by atoms with Crippen molar-refractivity contribution < 1.29 is 17.9 Å². The van der Waals surface area contributed by atoms with Gasteiger partial charge in [-0.25, -0.2) is 0 Å². The maximum Gasteiger partial charge on any atom is 0.279 e. The largest absolute Gasteiger partial charge is 0.377 e. The first-order valence-electron chi connectivity index (χ1n) is 5.24. The molecule has 1 aliphatic heterocycles. The topological polar surface area (TPSA) is 67.9 Å². The number of hydrogen-bond acceptors (Lipinski definition) is 4. The van der Waals surface area contributed by atoms with E-state index in [0.717, 1.165) is 0 Å². The average Bonchev–Trinajstić information content (AvgIpc) is 2.63. The zero-order chi connectivity index (χ0) is 12.3. The van der Waals surface area contributed by atoms with Crippen LogP contribution < -0.4 is 4.72 Å². The van der Waals surface area contributed by atoms with Gasteiger partial charge in [-0.05, 0) is 13.8 Å². The molecule has 7 heteroatoms. The molecule has 0 unspecified atom stereocenters. The predicted octanol–water partition coefficient (Wildman–Crippen LogP) is -0.425. The van der Waals surface area contributed by atoms with E-state index in [4.69, 9.17) is 9.47 Å². The van der Waals surface area contributed by atoms with E-state index in [1.54, 1.807) is 14.2 Å². The highest BCUT2D eigenvalue weighted by Crippen LogP contribution is 2.11. The van der Waals surface area contributed by atoms with Crippen LogP contribution in [0.3, 0.4) is 0 Å². The zero-order valence-corrected chi connectivity index (χ0v) is 11.0. The van der Waals surface area contributed by atoms with Crippen LogP contribution in [-0.4, -0.2) is 58.3 Å². The van der Waals surface area contributed by atoms with Crippen molar-refractivity contribution in [1.29, 1.82) is 0 Å². The van der Waals surface area contributed by atoms with Crippen LogP contribution in [0, 0.1) is 0 Å². The molecule has 0 amide bonds. The Morgan fingerprint density at radius 1 is 1.44 bits per heavy atom. The molecular formula is C9H20N2O4S. The van der Waals surface area contributed by atoms with E-state index in [1.807, 2.05) is 13.8 Å². The monoisotopic (exact) mass is 252 g/mol. The highest BCUT2D eigenvalue weighted by Gasteiger charge is 2.33. The number of nitrogens with zero attached hydrogens (tertiary/aromatic N) is 1. The van der Waals surface area contributed by atoms with Gasteiger partial charge < -0.3 is 9.47 Å². The van der Waals surface area contributed by atoms with Gasteiger partial charge in [0.15, 0.2) is 0 Å². The third kappa shape index (κ3) is 3.14. The highest BCUT2D eigenvalue weighted by atomic mass is 32.2. The maximum atomic E-state index is 11.9. The molecule has 0 radical (unpaired) electrons. The molecule has 16 heavy (non-hydrogen) atoms. The fourth-order valence-electron chi connectivity index (χ4n) is 1.43. The molecule has 0 aromatic rings. The molecule has 2 atom stereocenters. The Balaban J connectivity index is 2.65.